The lowest BCUT2D eigenvalue weighted by Gasteiger charge is -2.31. The molecule has 1 aliphatic heterocycles. The summed E-state index contributed by atoms with van der Waals surface area (Å²) in [7, 11) is 2.08. The molecule has 0 aliphatic carbocycles. The van der Waals surface area contributed by atoms with Gasteiger partial charge < -0.3 is 10.3 Å². The first kappa shape index (κ1) is 12.3. The Bertz CT molecular complexity index is 566. The summed E-state index contributed by atoms with van der Waals surface area (Å²) in [4.78, 5) is 9.89. The first-order valence-corrected chi connectivity index (χ1v) is 6.46. The highest BCUT2D eigenvalue weighted by Gasteiger charge is 2.23. The summed E-state index contributed by atoms with van der Waals surface area (Å²) in [6.45, 7) is 2.84. The van der Waals surface area contributed by atoms with E-state index < -0.39 is 0 Å². The average molecular weight is 260 g/mol. The van der Waals surface area contributed by atoms with Gasteiger partial charge in [0.05, 0.1) is 17.9 Å². The Morgan fingerprint density at radius 1 is 1.37 bits per heavy atom. The summed E-state index contributed by atoms with van der Waals surface area (Å²) in [5.74, 6) is 0.653. The monoisotopic (exact) mass is 260 g/mol. The molecule has 1 unspecified atom stereocenters. The van der Waals surface area contributed by atoms with Crippen LogP contribution in [0.5, 0.6) is 0 Å². The van der Waals surface area contributed by atoms with E-state index in [0.717, 1.165) is 31.2 Å². The van der Waals surface area contributed by atoms with E-state index in [1.807, 2.05) is 6.07 Å². The van der Waals surface area contributed by atoms with Crippen LogP contribution in [0, 0.1) is 5.82 Å². The van der Waals surface area contributed by atoms with Gasteiger partial charge in [0.1, 0.15) is 11.6 Å². The molecule has 1 fully saturated rings. The molecule has 100 valence electrons. The van der Waals surface area contributed by atoms with Crippen molar-refractivity contribution in [3.8, 4) is 11.3 Å². The van der Waals surface area contributed by atoms with Crippen molar-refractivity contribution in [2.45, 2.75) is 6.04 Å². The van der Waals surface area contributed by atoms with E-state index in [-0.39, 0.29) is 11.9 Å². The Morgan fingerprint density at radius 3 is 3.00 bits per heavy atom. The number of halogens is 1. The Morgan fingerprint density at radius 2 is 2.21 bits per heavy atom. The molecular weight excluding hydrogens is 243 g/mol. The van der Waals surface area contributed by atoms with Crippen molar-refractivity contribution in [3.63, 3.8) is 0 Å². The fraction of sp³-hybridized carbons (Fsp3) is 0.357. The fourth-order valence-electron chi connectivity index (χ4n) is 2.43. The predicted octanol–water partition coefficient (Wildman–Crippen LogP) is 1.79. The quantitative estimate of drug-likeness (QED) is 0.865. The van der Waals surface area contributed by atoms with Gasteiger partial charge in [-0.25, -0.2) is 9.37 Å². The van der Waals surface area contributed by atoms with Crippen molar-refractivity contribution in [1.82, 2.24) is 20.2 Å². The van der Waals surface area contributed by atoms with Crippen LogP contribution in [0.2, 0.25) is 0 Å². The molecule has 1 aromatic heterocycles. The first-order chi connectivity index (χ1) is 9.25. The second-order valence-corrected chi connectivity index (χ2v) is 4.86. The van der Waals surface area contributed by atoms with Gasteiger partial charge in [0.2, 0.25) is 0 Å². The van der Waals surface area contributed by atoms with E-state index in [4.69, 9.17) is 0 Å². The zero-order valence-electron chi connectivity index (χ0n) is 10.9. The third-order valence-electron chi connectivity index (χ3n) is 3.59. The maximum absolute atomic E-state index is 13.7. The zero-order valence-corrected chi connectivity index (χ0v) is 10.9. The fourth-order valence-corrected chi connectivity index (χ4v) is 2.43. The topological polar surface area (TPSA) is 44.0 Å². The Labute approximate surface area is 111 Å². The molecule has 0 bridgehead atoms. The minimum Gasteiger partial charge on any atom is -0.341 e. The number of likely N-dealkylation sites (N-methyl/N-ethyl adjacent to an activating group) is 1. The number of benzene rings is 1. The second kappa shape index (κ2) is 5.11. The van der Waals surface area contributed by atoms with Gasteiger partial charge in [-0.3, -0.25) is 4.90 Å². The molecule has 4 nitrogen and oxygen atoms in total. The molecule has 2 heterocycles. The summed E-state index contributed by atoms with van der Waals surface area (Å²) in [5, 5.41) is 3.35. The number of nitrogens with one attached hydrogen (secondary N) is 2. The largest absolute Gasteiger partial charge is 0.341 e. The van der Waals surface area contributed by atoms with Crippen molar-refractivity contribution in [3.05, 3.63) is 42.1 Å². The zero-order chi connectivity index (χ0) is 13.2. The molecule has 0 spiro atoms. The standard InChI is InChI=1S/C14H17FN4/c1-19-7-6-16-9-13(19)14-17-8-12(18-14)10-4-2-3-5-11(10)15/h2-5,8,13,16H,6-7,9H2,1H3,(H,17,18). The Kier molecular flexibility index (Phi) is 3.31. The summed E-state index contributed by atoms with van der Waals surface area (Å²) in [5.41, 5.74) is 1.29. The molecule has 0 amide bonds. The Balaban J connectivity index is 1.89. The van der Waals surface area contributed by atoms with Gasteiger partial charge in [0, 0.05) is 25.2 Å². The number of H-pyrrole nitrogens is 1. The van der Waals surface area contributed by atoms with Crippen LogP contribution in [0.1, 0.15) is 11.9 Å². The highest BCUT2D eigenvalue weighted by atomic mass is 19.1. The summed E-state index contributed by atoms with van der Waals surface area (Å²) < 4.78 is 13.7. The number of hydrogen-bond donors (Lipinski definition) is 2. The third-order valence-corrected chi connectivity index (χ3v) is 3.59. The van der Waals surface area contributed by atoms with Gasteiger partial charge in [-0.05, 0) is 19.2 Å². The minimum absolute atomic E-state index is 0.217. The predicted molar refractivity (Wildman–Crippen MR) is 72.2 cm³/mol. The van der Waals surface area contributed by atoms with Crippen LogP contribution in [-0.2, 0) is 0 Å². The lowest BCUT2D eigenvalue weighted by Crippen LogP contribution is -2.44. The number of aromatic amines is 1. The van der Waals surface area contributed by atoms with Crippen molar-refractivity contribution < 1.29 is 4.39 Å². The number of hydrogen-bond acceptors (Lipinski definition) is 3. The number of imidazole rings is 1. The summed E-state index contributed by atoms with van der Waals surface area (Å²) >= 11 is 0. The molecule has 1 aromatic carbocycles. The molecular formula is C14H17FN4. The second-order valence-electron chi connectivity index (χ2n) is 4.86. The van der Waals surface area contributed by atoms with Crippen molar-refractivity contribution in [1.29, 1.82) is 0 Å². The van der Waals surface area contributed by atoms with E-state index in [9.17, 15) is 4.39 Å². The van der Waals surface area contributed by atoms with Crippen LogP contribution in [0.3, 0.4) is 0 Å². The van der Waals surface area contributed by atoms with Gasteiger partial charge in [-0.1, -0.05) is 12.1 Å². The number of nitrogens with zero attached hydrogens (tertiary/aromatic N) is 2. The van der Waals surface area contributed by atoms with Crippen LogP contribution in [0.25, 0.3) is 11.3 Å². The lowest BCUT2D eigenvalue weighted by atomic mass is 10.1. The molecule has 5 heteroatoms. The number of piperazine rings is 1. The molecule has 2 aromatic rings. The third kappa shape index (κ3) is 2.39. The highest BCUT2D eigenvalue weighted by molar-refractivity contribution is 5.59. The Hall–Kier alpha value is -1.72. The SMILES string of the molecule is CN1CCNCC1c1ncc(-c2ccccc2F)[nH]1. The van der Waals surface area contributed by atoms with Gasteiger partial charge in [0.15, 0.2) is 0 Å². The van der Waals surface area contributed by atoms with Gasteiger partial charge in [0.25, 0.3) is 0 Å². The van der Waals surface area contributed by atoms with Crippen LogP contribution < -0.4 is 5.32 Å². The summed E-state index contributed by atoms with van der Waals surface area (Å²) in [6, 6.07) is 6.95. The normalized spacial score (nSPS) is 20.6. The van der Waals surface area contributed by atoms with Crippen molar-refractivity contribution in [2.75, 3.05) is 26.7 Å². The van der Waals surface area contributed by atoms with Gasteiger partial charge >= 0.3 is 0 Å². The molecule has 1 saturated heterocycles. The van der Waals surface area contributed by atoms with E-state index in [1.165, 1.54) is 6.07 Å². The van der Waals surface area contributed by atoms with Crippen LogP contribution in [0.15, 0.2) is 30.5 Å². The number of aromatic nitrogens is 2. The average Bonchev–Trinajstić information content (AvgIpc) is 2.89. The first-order valence-electron chi connectivity index (χ1n) is 6.46. The highest BCUT2D eigenvalue weighted by Crippen LogP contribution is 2.24. The van der Waals surface area contributed by atoms with Crippen LogP contribution >= 0.6 is 0 Å². The molecule has 0 saturated carbocycles. The van der Waals surface area contributed by atoms with E-state index in [0.29, 0.717) is 5.56 Å². The smallest absolute Gasteiger partial charge is 0.132 e. The van der Waals surface area contributed by atoms with Gasteiger partial charge in [-0.2, -0.15) is 0 Å². The molecule has 0 radical (unpaired) electrons. The maximum atomic E-state index is 13.7. The van der Waals surface area contributed by atoms with E-state index in [1.54, 1.807) is 18.3 Å². The van der Waals surface area contributed by atoms with E-state index in [2.05, 4.69) is 27.2 Å². The van der Waals surface area contributed by atoms with Gasteiger partial charge in [-0.15, -0.1) is 0 Å². The molecule has 2 N–H and O–H groups in total. The minimum atomic E-state index is -0.229. The van der Waals surface area contributed by atoms with Crippen LogP contribution in [0.4, 0.5) is 4.39 Å². The molecule has 1 aliphatic rings. The molecule has 1 atom stereocenters. The van der Waals surface area contributed by atoms with E-state index >= 15 is 0 Å². The molecule has 19 heavy (non-hydrogen) atoms. The number of rotatable bonds is 2. The van der Waals surface area contributed by atoms with Crippen molar-refractivity contribution in [2.24, 2.45) is 0 Å². The van der Waals surface area contributed by atoms with Crippen LogP contribution in [-0.4, -0.2) is 41.5 Å². The van der Waals surface area contributed by atoms with Crippen molar-refractivity contribution >= 4 is 0 Å². The summed E-state index contributed by atoms with van der Waals surface area (Å²) in [6.07, 6.45) is 1.70. The maximum Gasteiger partial charge on any atom is 0.132 e. The molecule has 3 rings (SSSR count). The lowest BCUT2D eigenvalue weighted by molar-refractivity contribution is 0.195.